The summed E-state index contributed by atoms with van der Waals surface area (Å²) in [5.74, 6) is -0.922. The summed E-state index contributed by atoms with van der Waals surface area (Å²) in [6.07, 6.45) is 0.174. The van der Waals surface area contributed by atoms with E-state index in [2.05, 4.69) is 20.3 Å². The van der Waals surface area contributed by atoms with Gasteiger partial charge in [-0.05, 0) is 38.5 Å². The third-order valence-corrected chi connectivity index (χ3v) is 3.33. The van der Waals surface area contributed by atoms with Crippen molar-refractivity contribution in [1.82, 2.24) is 10.2 Å². The molecule has 0 aliphatic carbocycles. The molecule has 0 aliphatic rings. The van der Waals surface area contributed by atoms with Crippen LogP contribution in [0, 0.1) is 0 Å². The summed E-state index contributed by atoms with van der Waals surface area (Å²) in [4.78, 5) is 23.6. The fourth-order valence-electron chi connectivity index (χ4n) is 2.12. The zero-order chi connectivity index (χ0) is 19.3. The van der Waals surface area contributed by atoms with E-state index in [1.807, 2.05) is 20.8 Å². The second-order valence-electron chi connectivity index (χ2n) is 6.51. The van der Waals surface area contributed by atoms with Crippen molar-refractivity contribution in [3.63, 3.8) is 0 Å². The van der Waals surface area contributed by atoms with Crippen LogP contribution in [0.3, 0.4) is 0 Å². The van der Waals surface area contributed by atoms with Gasteiger partial charge >= 0.3 is 11.9 Å². The highest BCUT2D eigenvalue weighted by Crippen LogP contribution is 2.23. The van der Waals surface area contributed by atoms with Gasteiger partial charge in [-0.25, -0.2) is 4.79 Å². The van der Waals surface area contributed by atoms with Crippen LogP contribution in [-0.4, -0.2) is 34.8 Å². The predicted molar refractivity (Wildman–Crippen MR) is 97.7 cm³/mol. The van der Waals surface area contributed by atoms with Crippen molar-refractivity contribution in [3.05, 3.63) is 46.7 Å². The molecule has 138 valence electrons. The Balaban J connectivity index is 2.11. The van der Waals surface area contributed by atoms with Crippen LogP contribution in [0.4, 0.5) is 11.4 Å². The number of carbonyl (C=O) groups excluding carboxylic acids is 2. The molecule has 0 amide bonds. The molecule has 0 unspecified atom stereocenters. The van der Waals surface area contributed by atoms with Crippen molar-refractivity contribution >= 4 is 34.9 Å². The van der Waals surface area contributed by atoms with Gasteiger partial charge in [-0.2, -0.15) is 0 Å². The zero-order valence-corrected chi connectivity index (χ0v) is 15.8. The Morgan fingerprint density at radius 1 is 1.15 bits per heavy atom. The van der Waals surface area contributed by atoms with Gasteiger partial charge in [0.1, 0.15) is 5.60 Å². The minimum absolute atomic E-state index is 0.0229. The Kier molecular flexibility index (Phi) is 6.15. The second kappa shape index (κ2) is 8.14. The molecular formula is C18H20ClN3O4. The van der Waals surface area contributed by atoms with Crippen molar-refractivity contribution in [2.24, 2.45) is 0 Å². The fraction of sp³-hybridized carbons (Fsp3) is 0.333. The van der Waals surface area contributed by atoms with E-state index in [1.165, 1.54) is 13.2 Å². The van der Waals surface area contributed by atoms with E-state index in [-0.39, 0.29) is 23.2 Å². The molecule has 0 saturated heterocycles. The van der Waals surface area contributed by atoms with Gasteiger partial charge in [-0.1, -0.05) is 23.7 Å². The lowest BCUT2D eigenvalue weighted by molar-refractivity contribution is -0.153. The normalized spacial score (nSPS) is 11.0. The summed E-state index contributed by atoms with van der Waals surface area (Å²) in [5.41, 5.74) is 1.37. The molecular weight excluding hydrogens is 358 g/mol. The maximum Gasteiger partial charge on any atom is 0.360 e. The number of halogens is 1. The molecule has 1 heterocycles. The summed E-state index contributed by atoms with van der Waals surface area (Å²) in [5, 5.41) is 10.6. The summed E-state index contributed by atoms with van der Waals surface area (Å²) >= 11 is 5.85. The van der Waals surface area contributed by atoms with Gasteiger partial charge in [0.25, 0.3) is 0 Å². The van der Waals surface area contributed by atoms with Gasteiger partial charge in [0.05, 0.1) is 19.2 Å². The smallest absolute Gasteiger partial charge is 0.360 e. The van der Waals surface area contributed by atoms with Crippen molar-refractivity contribution in [2.75, 3.05) is 12.4 Å². The molecule has 0 bridgehead atoms. The number of carbonyl (C=O) groups is 2. The van der Waals surface area contributed by atoms with Crippen LogP contribution in [-0.2, 0) is 20.7 Å². The summed E-state index contributed by atoms with van der Waals surface area (Å²) in [7, 11) is 1.26. The lowest BCUT2D eigenvalue weighted by Crippen LogP contribution is -2.24. The lowest BCUT2D eigenvalue weighted by atomic mass is 10.1. The predicted octanol–water partition coefficient (Wildman–Crippen LogP) is 3.54. The van der Waals surface area contributed by atoms with E-state index in [1.54, 1.807) is 24.3 Å². The number of rotatable bonds is 5. The number of nitrogens with one attached hydrogen (secondary N) is 1. The molecule has 26 heavy (non-hydrogen) atoms. The highest BCUT2D eigenvalue weighted by molar-refractivity contribution is 6.29. The first-order valence-corrected chi connectivity index (χ1v) is 8.25. The van der Waals surface area contributed by atoms with E-state index in [0.29, 0.717) is 11.4 Å². The van der Waals surface area contributed by atoms with Gasteiger partial charge in [0.15, 0.2) is 10.8 Å². The van der Waals surface area contributed by atoms with Crippen LogP contribution in [0.2, 0.25) is 5.15 Å². The number of hydrogen-bond donors (Lipinski definition) is 1. The molecule has 0 saturated carbocycles. The molecule has 0 spiro atoms. The van der Waals surface area contributed by atoms with E-state index >= 15 is 0 Å². The molecule has 8 heteroatoms. The standard InChI is InChI=1S/C18H20ClN3O4/c1-18(2,3)26-15(23)9-11-5-7-12(8-6-11)20-13-10-14(19)21-22-16(13)17(24)25-4/h5-8,10H,9H2,1-4H3,(H,20,21). The third kappa shape index (κ3) is 5.70. The Bertz CT molecular complexity index is 801. The van der Waals surface area contributed by atoms with Crippen molar-refractivity contribution in [1.29, 1.82) is 0 Å². The molecule has 0 aliphatic heterocycles. The largest absolute Gasteiger partial charge is 0.464 e. The van der Waals surface area contributed by atoms with Gasteiger partial charge in [0, 0.05) is 11.8 Å². The van der Waals surface area contributed by atoms with Crippen LogP contribution < -0.4 is 5.32 Å². The first kappa shape index (κ1) is 19.7. The summed E-state index contributed by atoms with van der Waals surface area (Å²) in [6.45, 7) is 5.47. The Morgan fingerprint density at radius 2 is 1.81 bits per heavy atom. The van der Waals surface area contributed by atoms with Gasteiger partial charge < -0.3 is 14.8 Å². The van der Waals surface area contributed by atoms with E-state index in [0.717, 1.165) is 5.56 Å². The minimum atomic E-state index is -0.627. The van der Waals surface area contributed by atoms with Crippen LogP contribution in [0.25, 0.3) is 0 Å². The Morgan fingerprint density at radius 3 is 2.38 bits per heavy atom. The molecule has 1 aromatic heterocycles. The first-order valence-electron chi connectivity index (χ1n) is 7.87. The third-order valence-electron chi connectivity index (χ3n) is 3.14. The highest BCUT2D eigenvalue weighted by atomic mass is 35.5. The monoisotopic (exact) mass is 377 g/mol. The number of hydrogen-bond acceptors (Lipinski definition) is 7. The van der Waals surface area contributed by atoms with Crippen LogP contribution >= 0.6 is 11.6 Å². The fourth-order valence-corrected chi connectivity index (χ4v) is 2.26. The number of ether oxygens (including phenoxy) is 2. The second-order valence-corrected chi connectivity index (χ2v) is 6.89. The first-order chi connectivity index (χ1) is 12.2. The lowest BCUT2D eigenvalue weighted by Gasteiger charge is -2.19. The van der Waals surface area contributed by atoms with Crippen LogP contribution in [0.15, 0.2) is 30.3 Å². The SMILES string of the molecule is COC(=O)c1nnc(Cl)cc1Nc1ccc(CC(=O)OC(C)(C)C)cc1. The maximum absolute atomic E-state index is 11.9. The minimum Gasteiger partial charge on any atom is -0.464 e. The van der Waals surface area contributed by atoms with Gasteiger partial charge in [-0.3, -0.25) is 4.79 Å². The number of benzene rings is 1. The molecule has 0 radical (unpaired) electrons. The Hall–Kier alpha value is -2.67. The van der Waals surface area contributed by atoms with E-state index < -0.39 is 11.6 Å². The van der Waals surface area contributed by atoms with Gasteiger partial charge in [0.2, 0.25) is 0 Å². The number of aromatic nitrogens is 2. The number of esters is 2. The number of anilines is 2. The van der Waals surface area contributed by atoms with Crippen molar-refractivity contribution in [2.45, 2.75) is 32.8 Å². The molecule has 1 N–H and O–H groups in total. The molecule has 2 aromatic rings. The molecule has 7 nitrogen and oxygen atoms in total. The van der Waals surface area contributed by atoms with E-state index in [4.69, 9.17) is 16.3 Å². The Labute approximate surface area is 156 Å². The molecule has 1 aromatic carbocycles. The average molecular weight is 378 g/mol. The summed E-state index contributed by atoms with van der Waals surface area (Å²) < 4.78 is 9.98. The summed E-state index contributed by atoms with van der Waals surface area (Å²) in [6, 6.07) is 8.61. The average Bonchev–Trinajstić information content (AvgIpc) is 2.54. The quantitative estimate of drug-likeness (QED) is 0.797. The van der Waals surface area contributed by atoms with Crippen molar-refractivity contribution in [3.8, 4) is 0 Å². The number of methoxy groups -OCH3 is 1. The van der Waals surface area contributed by atoms with Gasteiger partial charge in [-0.15, -0.1) is 10.2 Å². The van der Waals surface area contributed by atoms with Crippen LogP contribution in [0.5, 0.6) is 0 Å². The van der Waals surface area contributed by atoms with E-state index in [9.17, 15) is 9.59 Å². The molecule has 0 fully saturated rings. The molecule has 0 atom stereocenters. The highest BCUT2D eigenvalue weighted by Gasteiger charge is 2.17. The number of nitrogens with zero attached hydrogens (tertiary/aromatic N) is 2. The maximum atomic E-state index is 11.9. The topological polar surface area (TPSA) is 90.4 Å². The molecule has 2 rings (SSSR count). The zero-order valence-electron chi connectivity index (χ0n) is 15.0. The van der Waals surface area contributed by atoms with Crippen LogP contribution in [0.1, 0.15) is 36.8 Å². The van der Waals surface area contributed by atoms with Crippen molar-refractivity contribution < 1.29 is 19.1 Å².